The summed E-state index contributed by atoms with van der Waals surface area (Å²) in [4.78, 5) is 26.4. The molecule has 1 aliphatic heterocycles. The maximum Gasteiger partial charge on any atom is 0.255 e. The number of likely N-dealkylation sites (N-methyl/N-ethyl adjacent to an activating group) is 1. The largest absolute Gasteiger partial charge is 0.490 e. The lowest BCUT2D eigenvalue weighted by atomic mass is 10.1. The highest BCUT2D eigenvalue weighted by atomic mass is 16.5. The van der Waals surface area contributed by atoms with Gasteiger partial charge in [-0.05, 0) is 56.7 Å². The number of hydrogen-bond donors (Lipinski definition) is 1. The lowest BCUT2D eigenvalue weighted by Crippen LogP contribution is -2.20. The second-order valence-electron chi connectivity index (χ2n) is 6.53. The number of carbonyl (C=O) groups is 2. The van der Waals surface area contributed by atoms with E-state index in [-0.39, 0.29) is 11.8 Å². The Morgan fingerprint density at radius 3 is 2.21 bits per heavy atom. The first-order valence-corrected chi connectivity index (χ1v) is 9.75. The second kappa shape index (κ2) is 8.86. The molecule has 1 aliphatic rings. The Bertz CT molecular complexity index is 898. The molecule has 29 heavy (non-hydrogen) atoms. The van der Waals surface area contributed by atoms with E-state index in [1.165, 1.54) is 0 Å². The monoisotopic (exact) mass is 398 g/mol. The molecule has 0 saturated carbocycles. The molecule has 2 aromatic rings. The molecular formula is C22H26N2O5. The van der Waals surface area contributed by atoms with E-state index in [1.807, 2.05) is 32.9 Å². The van der Waals surface area contributed by atoms with Gasteiger partial charge in [-0.1, -0.05) is 0 Å². The summed E-state index contributed by atoms with van der Waals surface area (Å²) in [5, 5.41) is 2.89. The molecule has 7 nitrogen and oxygen atoms in total. The SMILES string of the molecule is CCOc1cc(C(=O)Nc2ccc3c(c2)CC(=O)N3C)cc(OCC)c1OCC. The average Bonchev–Trinajstić information content (AvgIpc) is 2.97. The number of anilines is 2. The minimum absolute atomic E-state index is 0.0395. The van der Waals surface area contributed by atoms with Gasteiger partial charge in [0.1, 0.15) is 0 Å². The van der Waals surface area contributed by atoms with Crippen LogP contribution >= 0.6 is 0 Å². The summed E-state index contributed by atoms with van der Waals surface area (Å²) in [6.45, 7) is 6.93. The predicted molar refractivity (Wildman–Crippen MR) is 111 cm³/mol. The zero-order valence-corrected chi connectivity index (χ0v) is 17.2. The predicted octanol–water partition coefficient (Wildman–Crippen LogP) is 3.65. The summed E-state index contributed by atoms with van der Waals surface area (Å²) in [5.41, 5.74) is 2.79. The van der Waals surface area contributed by atoms with Crippen LogP contribution in [0.5, 0.6) is 17.2 Å². The molecule has 0 spiro atoms. The fourth-order valence-corrected chi connectivity index (χ4v) is 3.27. The van der Waals surface area contributed by atoms with Crippen LogP contribution in [0.3, 0.4) is 0 Å². The van der Waals surface area contributed by atoms with Crippen molar-refractivity contribution in [2.45, 2.75) is 27.2 Å². The topological polar surface area (TPSA) is 77.1 Å². The van der Waals surface area contributed by atoms with Gasteiger partial charge in [0.15, 0.2) is 11.5 Å². The molecule has 1 N–H and O–H groups in total. The van der Waals surface area contributed by atoms with Crippen molar-refractivity contribution in [3.05, 3.63) is 41.5 Å². The highest BCUT2D eigenvalue weighted by Gasteiger charge is 2.24. The Balaban J connectivity index is 1.89. The third-order valence-corrected chi connectivity index (χ3v) is 4.59. The molecule has 154 valence electrons. The normalized spacial score (nSPS) is 12.6. The van der Waals surface area contributed by atoms with Crippen molar-refractivity contribution in [2.75, 3.05) is 37.1 Å². The molecule has 2 amide bonds. The maximum atomic E-state index is 12.9. The third kappa shape index (κ3) is 4.29. The van der Waals surface area contributed by atoms with E-state index in [0.29, 0.717) is 54.7 Å². The smallest absolute Gasteiger partial charge is 0.255 e. The van der Waals surface area contributed by atoms with E-state index in [2.05, 4.69) is 5.32 Å². The standard InChI is InChI=1S/C22H26N2O5/c1-5-27-18-11-15(12-19(28-6-2)21(18)29-7-3)22(26)23-16-8-9-17-14(10-16)13-20(25)24(17)4/h8-12H,5-7,13H2,1-4H3,(H,23,26). The van der Waals surface area contributed by atoms with Crippen molar-refractivity contribution >= 4 is 23.2 Å². The van der Waals surface area contributed by atoms with Crippen LogP contribution in [0.15, 0.2) is 30.3 Å². The van der Waals surface area contributed by atoms with Crippen LogP contribution in [-0.4, -0.2) is 38.7 Å². The number of benzene rings is 2. The van der Waals surface area contributed by atoms with Crippen LogP contribution < -0.4 is 24.4 Å². The number of fused-ring (bicyclic) bond motifs is 1. The van der Waals surface area contributed by atoms with Crippen LogP contribution in [0.4, 0.5) is 11.4 Å². The molecule has 2 aromatic carbocycles. The van der Waals surface area contributed by atoms with Crippen molar-refractivity contribution in [1.29, 1.82) is 0 Å². The number of ether oxygens (including phenoxy) is 3. The zero-order chi connectivity index (χ0) is 21.0. The minimum Gasteiger partial charge on any atom is -0.490 e. The summed E-state index contributed by atoms with van der Waals surface area (Å²) >= 11 is 0. The molecule has 0 fully saturated rings. The molecule has 0 saturated heterocycles. The van der Waals surface area contributed by atoms with Gasteiger partial charge in [0.25, 0.3) is 5.91 Å². The van der Waals surface area contributed by atoms with Crippen molar-refractivity contribution in [3.8, 4) is 17.2 Å². The number of nitrogens with one attached hydrogen (secondary N) is 1. The first kappa shape index (κ1) is 20.5. The maximum absolute atomic E-state index is 12.9. The number of nitrogens with zero attached hydrogens (tertiary/aromatic N) is 1. The number of carbonyl (C=O) groups excluding carboxylic acids is 2. The Kier molecular flexibility index (Phi) is 6.26. The number of rotatable bonds is 8. The van der Waals surface area contributed by atoms with Gasteiger partial charge >= 0.3 is 0 Å². The van der Waals surface area contributed by atoms with Crippen LogP contribution in [0.25, 0.3) is 0 Å². The molecule has 0 aromatic heterocycles. The highest BCUT2D eigenvalue weighted by molar-refractivity contribution is 6.06. The van der Waals surface area contributed by atoms with Crippen molar-refractivity contribution in [1.82, 2.24) is 0 Å². The summed E-state index contributed by atoms with van der Waals surface area (Å²) in [7, 11) is 1.75. The third-order valence-electron chi connectivity index (χ3n) is 4.59. The molecule has 0 bridgehead atoms. The van der Waals surface area contributed by atoms with Gasteiger partial charge in [0.2, 0.25) is 11.7 Å². The molecular weight excluding hydrogens is 372 g/mol. The minimum atomic E-state index is -0.299. The summed E-state index contributed by atoms with van der Waals surface area (Å²) in [6, 6.07) is 8.75. The lowest BCUT2D eigenvalue weighted by Gasteiger charge is -2.17. The van der Waals surface area contributed by atoms with Gasteiger partial charge in [0.05, 0.1) is 26.2 Å². The van der Waals surface area contributed by atoms with Crippen LogP contribution in [0.2, 0.25) is 0 Å². The van der Waals surface area contributed by atoms with E-state index in [1.54, 1.807) is 30.1 Å². The van der Waals surface area contributed by atoms with Gasteiger partial charge in [-0.15, -0.1) is 0 Å². The molecule has 3 rings (SSSR count). The Morgan fingerprint density at radius 2 is 1.62 bits per heavy atom. The van der Waals surface area contributed by atoms with E-state index < -0.39 is 0 Å². The Morgan fingerprint density at radius 1 is 1.00 bits per heavy atom. The van der Waals surface area contributed by atoms with Crippen LogP contribution in [0, 0.1) is 0 Å². The Hall–Kier alpha value is -3.22. The quantitative estimate of drug-likeness (QED) is 0.734. The fraction of sp³-hybridized carbons (Fsp3) is 0.364. The van der Waals surface area contributed by atoms with Gasteiger partial charge in [-0.25, -0.2) is 0 Å². The average molecular weight is 398 g/mol. The zero-order valence-electron chi connectivity index (χ0n) is 17.2. The van der Waals surface area contributed by atoms with Crippen LogP contribution in [0.1, 0.15) is 36.7 Å². The fourth-order valence-electron chi connectivity index (χ4n) is 3.27. The lowest BCUT2D eigenvalue weighted by molar-refractivity contribution is -0.117. The van der Waals surface area contributed by atoms with E-state index in [4.69, 9.17) is 14.2 Å². The Labute approximate surface area is 170 Å². The van der Waals surface area contributed by atoms with Crippen molar-refractivity contribution in [3.63, 3.8) is 0 Å². The van der Waals surface area contributed by atoms with Crippen molar-refractivity contribution < 1.29 is 23.8 Å². The molecule has 7 heteroatoms. The van der Waals surface area contributed by atoms with Gasteiger partial charge in [0, 0.05) is 24.0 Å². The molecule has 0 unspecified atom stereocenters. The van der Waals surface area contributed by atoms with Crippen molar-refractivity contribution in [2.24, 2.45) is 0 Å². The summed E-state index contributed by atoms with van der Waals surface area (Å²) < 4.78 is 17.0. The molecule has 0 radical (unpaired) electrons. The van der Waals surface area contributed by atoms with E-state index in [9.17, 15) is 9.59 Å². The highest BCUT2D eigenvalue weighted by Crippen LogP contribution is 2.39. The van der Waals surface area contributed by atoms with Gasteiger partial charge in [-0.2, -0.15) is 0 Å². The second-order valence-corrected chi connectivity index (χ2v) is 6.53. The van der Waals surface area contributed by atoms with Gasteiger partial charge < -0.3 is 24.4 Å². The first-order chi connectivity index (χ1) is 14.0. The summed E-state index contributed by atoms with van der Waals surface area (Å²) in [5.74, 6) is 1.16. The molecule has 0 atom stereocenters. The number of amides is 2. The molecule has 0 aliphatic carbocycles. The number of hydrogen-bond acceptors (Lipinski definition) is 5. The van der Waals surface area contributed by atoms with Crippen LogP contribution in [-0.2, 0) is 11.2 Å². The van der Waals surface area contributed by atoms with Gasteiger partial charge in [-0.3, -0.25) is 9.59 Å². The summed E-state index contributed by atoms with van der Waals surface area (Å²) in [6.07, 6.45) is 0.335. The van der Waals surface area contributed by atoms with E-state index in [0.717, 1.165) is 11.3 Å². The van der Waals surface area contributed by atoms with E-state index >= 15 is 0 Å². The first-order valence-electron chi connectivity index (χ1n) is 9.75. The molecule has 1 heterocycles.